The van der Waals surface area contributed by atoms with E-state index in [1.807, 2.05) is 6.92 Å². The summed E-state index contributed by atoms with van der Waals surface area (Å²) >= 11 is 9.24. The van der Waals surface area contributed by atoms with Crippen LogP contribution in [0.4, 0.5) is 0 Å². The van der Waals surface area contributed by atoms with E-state index in [0.717, 1.165) is 4.47 Å². The van der Waals surface area contributed by atoms with E-state index in [2.05, 4.69) is 21.2 Å². The van der Waals surface area contributed by atoms with E-state index in [9.17, 15) is 9.90 Å². The number of hydrogen-bond acceptors (Lipinski definition) is 2. The summed E-state index contributed by atoms with van der Waals surface area (Å²) < 4.78 is 0.801. The Morgan fingerprint density at radius 1 is 1.53 bits per heavy atom. The van der Waals surface area contributed by atoms with Crippen LogP contribution in [-0.2, 0) is 0 Å². The molecule has 1 aromatic carbocycles. The Labute approximate surface area is 114 Å². The van der Waals surface area contributed by atoms with Crippen molar-refractivity contribution in [3.63, 3.8) is 0 Å². The fourth-order valence-corrected chi connectivity index (χ4v) is 2.11. The molecule has 0 spiro atoms. The highest BCUT2D eigenvalue weighted by atomic mass is 79.9. The van der Waals surface area contributed by atoms with Gasteiger partial charge in [-0.25, -0.2) is 0 Å². The van der Waals surface area contributed by atoms with Crippen LogP contribution >= 0.6 is 27.5 Å². The van der Waals surface area contributed by atoms with Crippen molar-refractivity contribution in [2.24, 2.45) is 0 Å². The van der Waals surface area contributed by atoms with E-state index in [4.69, 9.17) is 11.6 Å². The second kappa shape index (κ2) is 6.38. The number of amides is 1. The molecule has 17 heavy (non-hydrogen) atoms. The van der Waals surface area contributed by atoms with Crippen molar-refractivity contribution in [2.75, 3.05) is 0 Å². The van der Waals surface area contributed by atoms with Crippen molar-refractivity contribution in [2.45, 2.75) is 32.4 Å². The number of carbonyl (C=O) groups is 1. The van der Waals surface area contributed by atoms with Gasteiger partial charge in [0.05, 0.1) is 16.7 Å². The van der Waals surface area contributed by atoms with Crippen LogP contribution in [0.1, 0.15) is 30.6 Å². The third-order valence-electron chi connectivity index (χ3n) is 2.25. The summed E-state index contributed by atoms with van der Waals surface area (Å²) in [5.41, 5.74) is 0.429. The predicted molar refractivity (Wildman–Crippen MR) is 72.4 cm³/mol. The zero-order valence-corrected chi connectivity index (χ0v) is 12.0. The molecule has 0 aliphatic heterocycles. The average Bonchev–Trinajstić information content (AvgIpc) is 2.20. The minimum atomic E-state index is -0.441. The molecule has 2 N–H and O–H groups in total. The average molecular weight is 321 g/mol. The molecule has 2 atom stereocenters. The third-order valence-corrected chi connectivity index (χ3v) is 3.07. The Morgan fingerprint density at radius 2 is 2.18 bits per heavy atom. The maximum Gasteiger partial charge on any atom is 0.253 e. The molecule has 0 aliphatic carbocycles. The first-order valence-corrected chi connectivity index (χ1v) is 6.51. The molecule has 5 heteroatoms. The zero-order valence-electron chi connectivity index (χ0n) is 9.71. The number of nitrogens with one attached hydrogen (secondary N) is 1. The van der Waals surface area contributed by atoms with Gasteiger partial charge in [0.15, 0.2) is 0 Å². The quantitative estimate of drug-likeness (QED) is 0.896. The Kier molecular flexibility index (Phi) is 5.43. The van der Waals surface area contributed by atoms with Crippen LogP contribution in [0.15, 0.2) is 22.7 Å². The van der Waals surface area contributed by atoms with Gasteiger partial charge in [0, 0.05) is 10.5 Å². The summed E-state index contributed by atoms with van der Waals surface area (Å²) in [6, 6.07) is 5.02. The Morgan fingerprint density at radius 3 is 2.76 bits per heavy atom. The highest BCUT2D eigenvalue weighted by Gasteiger charge is 2.14. The number of rotatable bonds is 4. The van der Waals surface area contributed by atoms with Crippen molar-refractivity contribution in [3.05, 3.63) is 33.3 Å². The number of carbonyl (C=O) groups excluding carboxylic acids is 1. The van der Waals surface area contributed by atoms with E-state index < -0.39 is 6.10 Å². The van der Waals surface area contributed by atoms with E-state index >= 15 is 0 Å². The lowest BCUT2D eigenvalue weighted by atomic mass is 10.1. The number of halogens is 2. The fraction of sp³-hybridized carbons (Fsp3) is 0.417. The van der Waals surface area contributed by atoms with Crippen molar-refractivity contribution in [3.8, 4) is 0 Å². The van der Waals surface area contributed by atoms with Gasteiger partial charge in [-0.1, -0.05) is 27.5 Å². The van der Waals surface area contributed by atoms with Gasteiger partial charge in [-0.3, -0.25) is 4.79 Å². The van der Waals surface area contributed by atoms with E-state index in [-0.39, 0.29) is 11.9 Å². The molecule has 0 radical (unpaired) electrons. The summed E-state index contributed by atoms with van der Waals surface area (Å²) in [5, 5.41) is 12.4. The topological polar surface area (TPSA) is 49.3 Å². The van der Waals surface area contributed by atoms with Crippen molar-refractivity contribution >= 4 is 33.4 Å². The monoisotopic (exact) mass is 319 g/mol. The first kappa shape index (κ1) is 14.5. The summed E-state index contributed by atoms with van der Waals surface area (Å²) in [4.78, 5) is 11.9. The zero-order chi connectivity index (χ0) is 13.0. The maximum atomic E-state index is 11.9. The lowest BCUT2D eigenvalue weighted by molar-refractivity contribution is 0.0923. The van der Waals surface area contributed by atoms with Crippen LogP contribution in [0, 0.1) is 0 Å². The fourth-order valence-electron chi connectivity index (χ4n) is 1.54. The standard InChI is InChI=1S/C12H15BrClNO2/c1-7(5-8(2)16)15-12(17)10-6-9(13)3-4-11(10)14/h3-4,6-8,16H,5H2,1-2H3,(H,15,17). The van der Waals surface area contributed by atoms with Gasteiger partial charge in [0.2, 0.25) is 0 Å². The Balaban J connectivity index is 2.73. The summed E-state index contributed by atoms with van der Waals surface area (Å²) in [6.45, 7) is 3.53. The van der Waals surface area contributed by atoms with E-state index in [1.165, 1.54) is 0 Å². The molecular weight excluding hydrogens is 305 g/mol. The molecule has 0 saturated heterocycles. The van der Waals surface area contributed by atoms with Crippen LogP contribution in [0.5, 0.6) is 0 Å². The summed E-state index contributed by atoms with van der Waals surface area (Å²) in [5.74, 6) is -0.232. The minimum Gasteiger partial charge on any atom is -0.393 e. The van der Waals surface area contributed by atoms with Crippen LogP contribution in [0.3, 0.4) is 0 Å². The molecule has 0 saturated carbocycles. The van der Waals surface area contributed by atoms with Gasteiger partial charge in [0.1, 0.15) is 0 Å². The summed E-state index contributed by atoms with van der Waals surface area (Å²) in [6.07, 6.45) is 0.0699. The number of hydrogen-bond donors (Lipinski definition) is 2. The number of aliphatic hydroxyl groups is 1. The van der Waals surface area contributed by atoms with Crippen LogP contribution in [0.25, 0.3) is 0 Å². The van der Waals surface area contributed by atoms with Crippen LogP contribution in [-0.4, -0.2) is 23.2 Å². The molecule has 1 rings (SSSR count). The first-order valence-electron chi connectivity index (χ1n) is 5.34. The third kappa shape index (κ3) is 4.66. The lowest BCUT2D eigenvalue weighted by Crippen LogP contribution is -2.34. The summed E-state index contributed by atoms with van der Waals surface area (Å²) in [7, 11) is 0. The SMILES string of the molecule is CC(O)CC(C)NC(=O)c1cc(Br)ccc1Cl. The van der Waals surface area contributed by atoms with Crippen molar-refractivity contribution in [1.29, 1.82) is 0 Å². The largest absolute Gasteiger partial charge is 0.393 e. The number of benzene rings is 1. The van der Waals surface area contributed by atoms with Gasteiger partial charge in [0.25, 0.3) is 5.91 Å². The lowest BCUT2D eigenvalue weighted by Gasteiger charge is -2.16. The first-order chi connectivity index (χ1) is 7.90. The molecule has 2 unspecified atom stereocenters. The predicted octanol–water partition coefficient (Wildman–Crippen LogP) is 2.99. The van der Waals surface area contributed by atoms with Crippen LogP contribution in [0.2, 0.25) is 5.02 Å². The molecule has 1 amide bonds. The molecule has 0 fully saturated rings. The van der Waals surface area contributed by atoms with Gasteiger partial charge in [-0.2, -0.15) is 0 Å². The Hall–Kier alpha value is -0.580. The van der Waals surface area contributed by atoms with Gasteiger partial charge in [-0.05, 0) is 38.5 Å². The molecule has 94 valence electrons. The van der Waals surface area contributed by atoms with Gasteiger partial charge >= 0.3 is 0 Å². The highest BCUT2D eigenvalue weighted by Crippen LogP contribution is 2.21. The smallest absolute Gasteiger partial charge is 0.253 e. The van der Waals surface area contributed by atoms with Crippen LogP contribution < -0.4 is 5.32 Å². The minimum absolute atomic E-state index is 0.0995. The molecule has 0 aliphatic rings. The second-order valence-corrected chi connectivity index (χ2v) is 5.41. The van der Waals surface area contributed by atoms with Gasteiger partial charge < -0.3 is 10.4 Å². The highest BCUT2D eigenvalue weighted by molar-refractivity contribution is 9.10. The molecule has 3 nitrogen and oxygen atoms in total. The van der Waals surface area contributed by atoms with E-state index in [1.54, 1.807) is 25.1 Å². The van der Waals surface area contributed by atoms with Crippen molar-refractivity contribution in [1.82, 2.24) is 5.32 Å². The molecule has 0 heterocycles. The van der Waals surface area contributed by atoms with Crippen molar-refractivity contribution < 1.29 is 9.90 Å². The number of aliphatic hydroxyl groups excluding tert-OH is 1. The molecule has 1 aromatic rings. The second-order valence-electron chi connectivity index (χ2n) is 4.08. The maximum absolute atomic E-state index is 11.9. The Bertz CT molecular complexity index is 409. The molecule has 0 aromatic heterocycles. The van der Waals surface area contributed by atoms with Gasteiger partial charge in [-0.15, -0.1) is 0 Å². The normalized spacial score (nSPS) is 14.2. The molecular formula is C12H15BrClNO2. The van der Waals surface area contributed by atoms with E-state index in [0.29, 0.717) is 17.0 Å². The molecule has 0 bridgehead atoms.